The van der Waals surface area contributed by atoms with Crippen molar-refractivity contribution in [3.8, 4) is 0 Å². The molecule has 0 radical (unpaired) electrons. The monoisotopic (exact) mass is 230 g/mol. The van der Waals surface area contributed by atoms with E-state index in [1.165, 1.54) is 0 Å². The Morgan fingerprint density at radius 1 is 1.50 bits per heavy atom. The van der Waals surface area contributed by atoms with E-state index >= 15 is 0 Å². The first-order valence-electron chi connectivity index (χ1n) is 5.61. The highest BCUT2D eigenvalue weighted by Crippen LogP contribution is 2.15. The molecule has 1 saturated heterocycles. The number of nitrogens with zero attached hydrogens (tertiary/aromatic N) is 1. The summed E-state index contributed by atoms with van der Waals surface area (Å²) in [5, 5.41) is 12.0. The Labute approximate surface area is 96.8 Å². The highest BCUT2D eigenvalue weighted by Gasteiger charge is 2.32. The predicted octanol–water partition coefficient (Wildman–Crippen LogP) is 0.434. The third kappa shape index (κ3) is 3.98. The average molecular weight is 230 g/mol. The number of amides is 1. The minimum atomic E-state index is -0.483. The lowest BCUT2D eigenvalue weighted by Gasteiger charge is -2.23. The van der Waals surface area contributed by atoms with Gasteiger partial charge >= 0.3 is 6.09 Å². The van der Waals surface area contributed by atoms with E-state index in [0.29, 0.717) is 0 Å². The molecular weight excluding hydrogens is 208 g/mol. The second-order valence-electron chi connectivity index (χ2n) is 5.42. The number of nitrogens with one attached hydrogen (secondary N) is 1. The van der Waals surface area contributed by atoms with Crippen LogP contribution in [0.2, 0.25) is 0 Å². The number of aliphatic hydroxyl groups excluding tert-OH is 1. The molecule has 2 N–H and O–H groups in total. The molecule has 2 atom stereocenters. The lowest BCUT2D eigenvalue weighted by Crippen LogP contribution is -2.43. The summed E-state index contributed by atoms with van der Waals surface area (Å²) in [7, 11) is 1.97. The van der Waals surface area contributed by atoms with E-state index in [-0.39, 0.29) is 18.6 Å². The van der Waals surface area contributed by atoms with Crippen LogP contribution in [0.3, 0.4) is 0 Å². The normalized spacial score (nSPS) is 26.8. The lowest BCUT2D eigenvalue weighted by molar-refractivity contribution is 0.0488. The van der Waals surface area contributed by atoms with Crippen LogP contribution in [0.15, 0.2) is 0 Å². The summed E-state index contributed by atoms with van der Waals surface area (Å²) in [6, 6.07) is -0.0233. The van der Waals surface area contributed by atoms with Crippen molar-refractivity contribution in [1.82, 2.24) is 10.2 Å². The van der Waals surface area contributed by atoms with Crippen LogP contribution in [0.5, 0.6) is 0 Å². The van der Waals surface area contributed by atoms with E-state index in [2.05, 4.69) is 10.2 Å². The molecule has 1 heterocycles. The Hall–Kier alpha value is -0.810. The smallest absolute Gasteiger partial charge is 0.407 e. The zero-order chi connectivity index (χ0) is 12.3. The van der Waals surface area contributed by atoms with Gasteiger partial charge < -0.3 is 20.1 Å². The maximum absolute atomic E-state index is 11.5. The molecule has 0 bridgehead atoms. The van der Waals surface area contributed by atoms with Crippen LogP contribution in [0.1, 0.15) is 20.8 Å². The number of ether oxygens (including phenoxy) is 1. The quantitative estimate of drug-likeness (QED) is 0.722. The first kappa shape index (κ1) is 13.3. The van der Waals surface area contributed by atoms with E-state index < -0.39 is 11.7 Å². The number of alkyl carbamates (subject to hydrolysis) is 1. The predicted molar refractivity (Wildman–Crippen MR) is 61.2 cm³/mol. The van der Waals surface area contributed by atoms with Crippen molar-refractivity contribution in [2.45, 2.75) is 32.4 Å². The number of likely N-dealkylation sites (tertiary alicyclic amines) is 1. The van der Waals surface area contributed by atoms with Crippen molar-refractivity contribution >= 4 is 6.09 Å². The van der Waals surface area contributed by atoms with Gasteiger partial charge in [0.25, 0.3) is 0 Å². The van der Waals surface area contributed by atoms with E-state index in [1.807, 2.05) is 27.8 Å². The fraction of sp³-hybridized carbons (Fsp3) is 0.909. The SMILES string of the molecule is CN1CC(CO)C(NC(=O)OC(C)(C)C)C1. The van der Waals surface area contributed by atoms with Crippen LogP contribution in [0, 0.1) is 5.92 Å². The summed E-state index contributed by atoms with van der Waals surface area (Å²) < 4.78 is 5.18. The van der Waals surface area contributed by atoms with E-state index in [9.17, 15) is 9.90 Å². The molecule has 1 aliphatic heterocycles. The third-order valence-corrected chi connectivity index (χ3v) is 2.56. The van der Waals surface area contributed by atoms with Crippen LogP contribution in [-0.4, -0.2) is 54.5 Å². The standard InChI is InChI=1S/C11H22N2O3/c1-11(2,3)16-10(15)12-9-6-13(4)5-8(9)7-14/h8-9,14H,5-7H2,1-4H3,(H,12,15). The number of rotatable bonds is 2. The largest absolute Gasteiger partial charge is 0.444 e. The minimum Gasteiger partial charge on any atom is -0.444 e. The second-order valence-corrected chi connectivity index (χ2v) is 5.42. The lowest BCUT2D eigenvalue weighted by atomic mass is 10.1. The zero-order valence-electron chi connectivity index (χ0n) is 10.5. The maximum atomic E-state index is 11.5. The van der Waals surface area contributed by atoms with Gasteiger partial charge in [0.15, 0.2) is 0 Å². The molecule has 16 heavy (non-hydrogen) atoms. The molecule has 5 nitrogen and oxygen atoms in total. The molecule has 1 aliphatic rings. The molecule has 2 unspecified atom stereocenters. The van der Waals surface area contributed by atoms with Crippen LogP contribution in [0.25, 0.3) is 0 Å². The fourth-order valence-electron chi connectivity index (χ4n) is 1.89. The zero-order valence-corrected chi connectivity index (χ0v) is 10.5. The van der Waals surface area contributed by atoms with Gasteiger partial charge in [0, 0.05) is 25.6 Å². The molecule has 0 aromatic heterocycles. The number of carbonyl (C=O) groups excluding carboxylic acids is 1. The second kappa shape index (κ2) is 5.01. The Balaban J connectivity index is 2.44. The molecule has 5 heteroatoms. The van der Waals surface area contributed by atoms with Gasteiger partial charge in [-0.15, -0.1) is 0 Å². The highest BCUT2D eigenvalue weighted by molar-refractivity contribution is 5.68. The summed E-state index contributed by atoms with van der Waals surface area (Å²) in [5.74, 6) is 0.0949. The minimum absolute atomic E-state index is 0.0233. The average Bonchev–Trinajstić information content (AvgIpc) is 2.42. The first-order chi connectivity index (χ1) is 7.31. The molecule has 0 aromatic carbocycles. The molecule has 0 aromatic rings. The topological polar surface area (TPSA) is 61.8 Å². The van der Waals surface area contributed by atoms with Gasteiger partial charge in [-0.25, -0.2) is 4.79 Å². The maximum Gasteiger partial charge on any atom is 0.407 e. The Morgan fingerprint density at radius 3 is 2.62 bits per heavy atom. The van der Waals surface area contributed by atoms with Crippen LogP contribution >= 0.6 is 0 Å². The molecular formula is C11H22N2O3. The van der Waals surface area contributed by atoms with E-state index in [1.54, 1.807) is 0 Å². The van der Waals surface area contributed by atoms with Gasteiger partial charge in [-0.3, -0.25) is 0 Å². The first-order valence-corrected chi connectivity index (χ1v) is 5.61. The van der Waals surface area contributed by atoms with Crippen molar-refractivity contribution in [3.63, 3.8) is 0 Å². The number of likely N-dealkylation sites (N-methyl/N-ethyl adjacent to an activating group) is 1. The number of hydrogen-bond donors (Lipinski definition) is 2. The summed E-state index contributed by atoms with van der Waals surface area (Å²) in [4.78, 5) is 13.6. The molecule has 0 aliphatic carbocycles. The molecule has 94 valence electrons. The van der Waals surface area contributed by atoms with Gasteiger partial charge in [0.1, 0.15) is 5.60 Å². The molecule has 1 amide bonds. The Bertz CT molecular complexity index is 250. The summed E-state index contributed by atoms with van der Waals surface area (Å²) in [5.41, 5.74) is -0.483. The van der Waals surface area contributed by atoms with Gasteiger partial charge in [-0.05, 0) is 27.8 Å². The van der Waals surface area contributed by atoms with E-state index in [0.717, 1.165) is 13.1 Å². The Morgan fingerprint density at radius 2 is 2.12 bits per heavy atom. The highest BCUT2D eigenvalue weighted by atomic mass is 16.6. The molecule has 1 rings (SSSR count). The molecule has 1 fully saturated rings. The van der Waals surface area contributed by atoms with Crippen LogP contribution in [-0.2, 0) is 4.74 Å². The van der Waals surface area contributed by atoms with Gasteiger partial charge in [-0.1, -0.05) is 0 Å². The third-order valence-electron chi connectivity index (χ3n) is 2.56. The van der Waals surface area contributed by atoms with Crippen molar-refractivity contribution in [1.29, 1.82) is 0 Å². The number of aliphatic hydroxyl groups is 1. The van der Waals surface area contributed by atoms with Crippen molar-refractivity contribution in [2.75, 3.05) is 26.7 Å². The van der Waals surface area contributed by atoms with Crippen molar-refractivity contribution in [3.05, 3.63) is 0 Å². The Kier molecular flexibility index (Phi) is 4.15. The fourth-order valence-corrected chi connectivity index (χ4v) is 1.89. The van der Waals surface area contributed by atoms with Crippen LogP contribution in [0.4, 0.5) is 4.79 Å². The summed E-state index contributed by atoms with van der Waals surface area (Å²) >= 11 is 0. The summed E-state index contributed by atoms with van der Waals surface area (Å²) in [6.07, 6.45) is -0.411. The van der Waals surface area contributed by atoms with Crippen molar-refractivity contribution in [2.24, 2.45) is 5.92 Å². The molecule has 0 saturated carbocycles. The van der Waals surface area contributed by atoms with Crippen molar-refractivity contribution < 1.29 is 14.6 Å². The molecule has 0 spiro atoms. The number of hydrogen-bond acceptors (Lipinski definition) is 4. The number of carbonyl (C=O) groups is 1. The van der Waals surface area contributed by atoms with Gasteiger partial charge in [0.2, 0.25) is 0 Å². The van der Waals surface area contributed by atoms with Gasteiger partial charge in [-0.2, -0.15) is 0 Å². The van der Waals surface area contributed by atoms with E-state index in [4.69, 9.17) is 4.74 Å². The van der Waals surface area contributed by atoms with Crippen LogP contribution < -0.4 is 5.32 Å². The van der Waals surface area contributed by atoms with Gasteiger partial charge in [0.05, 0.1) is 6.04 Å². The summed E-state index contributed by atoms with van der Waals surface area (Å²) in [6.45, 7) is 7.14.